The lowest BCUT2D eigenvalue weighted by molar-refractivity contribution is -0.130. The minimum absolute atomic E-state index is 0.0393. The smallest absolute Gasteiger partial charge is 0.243 e. The Balaban J connectivity index is 1.83. The van der Waals surface area contributed by atoms with Gasteiger partial charge in [-0.25, -0.2) is 12.8 Å². The molecule has 0 atom stereocenters. The normalized spacial score (nSPS) is 11.4. The molecule has 0 bridgehead atoms. The third-order valence-corrected chi connectivity index (χ3v) is 6.46. The van der Waals surface area contributed by atoms with Crippen molar-refractivity contribution >= 4 is 15.9 Å². The van der Waals surface area contributed by atoms with Crippen molar-refractivity contribution in [2.24, 2.45) is 0 Å². The maximum absolute atomic E-state index is 13.3. The monoisotopic (exact) mass is 426 g/mol. The van der Waals surface area contributed by atoms with Gasteiger partial charge in [0.1, 0.15) is 5.82 Å². The number of carbonyl (C=O) groups is 1. The summed E-state index contributed by atoms with van der Waals surface area (Å²) in [6.07, 6.45) is 0. The molecule has 0 aliphatic rings. The van der Waals surface area contributed by atoms with Crippen molar-refractivity contribution in [3.05, 3.63) is 102 Å². The van der Waals surface area contributed by atoms with Crippen LogP contribution >= 0.6 is 0 Å². The van der Waals surface area contributed by atoms with E-state index in [0.29, 0.717) is 12.1 Å². The minimum Gasteiger partial charge on any atom is -0.340 e. The first-order valence-electron chi connectivity index (χ1n) is 9.44. The van der Waals surface area contributed by atoms with E-state index in [2.05, 4.69) is 0 Å². The van der Waals surface area contributed by atoms with Crippen LogP contribution in [0.4, 0.5) is 4.39 Å². The van der Waals surface area contributed by atoms with Crippen LogP contribution in [-0.4, -0.2) is 37.1 Å². The molecule has 0 N–H and O–H groups in total. The molecule has 1 amide bonds. The zero-order valence-electron chi connectivity index (χ0n) is 16.6. The van der Waals surface area contributed by atoms with Crippen LogP contribution in [-0.2, 0) is 27.9 Å². The van der Waals surface area contributed by atoms with Gasteiger partial charge in [0.05, 0.1) is 11.4 Å². The van der Waals surface area contributed by atoms with E-state index in [0.717, 1.165) is 9.87 Å². The molecule has 3 aromatic rings. The van der Waals surface area contributed by atoms with E-state index in [1.54, 1.807) is 25.2 Å². The molecule has 0 aromatic heterocycles. The third-order valence-electron chi connectivity index (χ3n) is 4.65. The highest BCUT2D eigenvalue weighted by molar-refractivity contribution is 7.89. The fraction of sp³-hybridized carbons (Fsp3) is 0.174. The quantitative estimate of drug-likeness (QED) is 0.552. The molecule has 0 saturated heterocycles. The Labute approximate surface area is 176 Å². The van der Waals surface area contributed by atoms with Crippen LogP contribution in [0.15, 0.2) is 89.8 Å². The number of amides is 1. The molecule has 3 rings (SSSR count). The van der Waals surface area contributed by atoms with E-state index < -0.39 is 15.8 Å². The predicted octanol–water partition coefficient (Wildman–Crippen LogP) is 3.68. The van der Waals surface area contributed by atoms with Crippen LogP contribution in [0.25, 0.3) is 0 Å². The molecule has 0 saturated carbocycles. The molecule has 5 nitrogen and oxygen atoms in total. The zero-order chi connectivity index (χ0) is 21.6. The Hall–Kier alpha value is -3.03. The molecule has 30 heavy (non-hydrogen) atoms. The van der Waals surface area contributed by atoms with Crippen LogP contribution in [0.2, 0.25) is 0 Å². The average molecular weight is 427 g/mol. The third kappa shape index (κ3) is 5.52. The van der Waals surface area contributed by atoms with Crippen molar-refractivity contribution in [2.75, 3.05) is 13.6 Å². The van der Waals surface area contributed by atoms with Crippen molar-refractivity contribution in [1.29, 1.82) is 0 Å². The van der Waals surface area contributed by atoms with Crippen molar-refractivity contribution < 1.29 is 17.6 Å². The zero-order valence-corrected chi connectivity index (χ0v) is 17.4. The standard InChI is InChI=1S/C23H23FN2O3S/c1-25(16-19-8-4-2-5-9-19)23(27)18-26(17-20-12-14-21(24)15-13-20)30(28,29)22-10-6-3-7-11-22/h2-15H,16-18H2,1H3. The van der Waals surface area contributed by atoms with E-state index in [4.69, 9.17) is 0 Å². The SMILES string of the molecule is CN(Cc1ccccc1)C(=O)CN(Cc1ccc(F)cc1)S(=O)(=O)c1ccccc1. The topological polar surface area (TPSA) is 57.7 Å². The van der Waals surface area contributed by atoms with Crippen LogP contribution < -0.4 is 0 Å². The number of hydrogen-bond acceptors (Lipinski definition) is 3. The predicted molar refractivity (Wildman–Crippen MR) is 113 cm³/mol. The van der Waals surface area contributed by atoms with Gasteiger partial charge >= 0.3 is 0 Å². The second kappa shape index (κ2) is 9.65. The Bertz CT molecular complexity index is 1070. The maximum atomic E-state index is 13.3. The molecular weight excluding hydrogens is 403 g/mol. The number of benzene rings is 3. The first kappa shape index (κ1) is 21.7. The highest BCUT2D eigenvalue weighted by Crippen LogP contribution is 2.19. The highest BCUT2D eigenvalue weighted by Gasteiger charge is 2.28. The van der Waals surface area contributed by atoms with Crippen LogP contribution in [0.5, 0.6) is 0 Å². The Kier molecular flexibility index (Phi) is 6.97. The van der Waals surface area contributed by atoms with Gasteiger partial charge in [0.2, 0.25) is 15.9 Å². The molecule has 0 aliphatic carbocycles. The second-order valence-electron chi connectivity index (χ2n) is 6.95. The average Bonchev–Trinajstić information content (AvgIpc) is 2.76. The van der Waals surface area contributed by atoms with Crippen molar-refractivity contribution in [3.8, 4) is 0 Å². The van der Waals surface area contributed by atoms with Crippen molar-refractivity contribution in [3.63, 3.8) is 0 Å². The van der Waals surface area contributed by atoms with Crippen molar-refractivity contribution in [1.82, 2.24) is 9.21 Å². The summed E-state index contributed by atoms with van der Waals surface area (Å²) >= 11 is 0. The Morgan fingerprint density at radius 2 is 1.33 bits per heavy atom. The van der Waals surface area contributed by atoms with Gasteiger partial charge in [0.25, 0.3) is 0 Å². The second-order valence-corrected chi connectivity index (χ2v) is 8.89. The maximum Gasteiger partial charge on any atom is 0.243 e. The number of carbonyl (C=O) groups excluding carboxylic acids is 1. The fourth-order valence-electron chi connectivity index (χ4n) is 2.98. The fourth-order valence-corrected chi connectivity index (χ4v) is 4.38. The van der Waals surface area contributed by atoms with E-state index >= 15 is 0 Å². The molecule has 0 heterocycles. The summed E-state index contributed by atoms with van der Waals surface area (Å²) in [5.41, 5.74) is 1.54. The lowest BCUT2D eigenvalue weighted by Crippen LogP contribution is -2.40. The lowest BCUT2D eigenvalue weighted by Gasteiger charge is -2.25. The molecule has 3 aromatic carbocycles. The van der Waals surface area contributed by atoms with Gasteiger partial charge in [-0.2, -0.15) is 4.31 Å². The number of nitrogens with zero attached hydrogens (tertiary/aromatic N) is 2. The Morgan fingerprint density at radius 3 is 1.93 bits per heavy atom. The summed E-state index contributed by atoms with van der Waals surface area (Å²) in [6.45, 7) is 0.00973. The summed E-state index contributed by atoms with van der Waals surface area (Å²) in [4.78, 5) is 14.4. The van der Waals surface area contributed by atoms with Gasteiger partial charge < -0.3 is 4.90 Å². The number of hydrogen-bond donors (Lipinski definition) is 0. The van der Waals surface area contributed by atoms with Gasteiger partial charge in [-0.1, -0.05) is 60.7 Å². The van der Waals surface area contributed by atoms with Gasteiger partial charge in [-0.05, 0) is 35.4 Å². The van der Waals surface area contributed by atoms with Gasteiger partial charge in [-0.3, -0.25) is 4.79 Å². The molecular formula is C23H23FN2O3S. The highest BCUT2D eigenvalue weighted by atomic mass is 32.2. The summed E-state index contributed by atoms with van der Waals surface area (Å²) in [6, 6.07) is 23.0. The lowest BCUT2D eigenvalue weighted by atomic mass is 10.2. The molecule has 0 unspecified atom stereocenters. The number of halogens is 1. The first-order chi connectivity index (χ1) is 14.4. The van der Waals surface area contributed by atoms with E-state index in [9.17, 15) is 17.6 Å². The van der Waals surface area contributed by atoms with Gasteiger partial charge in [0.15, 0.2) is 0 Å². The van der Waals surface area contributed by atoms with Crippen LogP contribution in [0, 0.1) is 5.82 Å². The summed E-state index contributed by atoms with van der Waals surface area (Å²) in [5.74, 6) is -0.740. The summed E-state index contributed by atoms with van der Waals surface area (Å²) in [7, 11) is -2.28. The van der Waals surface area contributed by atoms with Crippen LogP contribution in [0.1, 0.15) is 11.1 Å². The molecule has 7 heteroatoms. The molecule has 156 valence electrons. The molecule has 0 aliphatic heterocycles. The number of rotatable bonds is 8. The first-order valence-corrected chi connectivity index (χ1v) is 10.9. The molecule has 0 fully saturated rings. The molecule has 0 radical (unpaired) electrons. The van der Waals surface area contributed by atoms with E-state index in [1.807, 2.05) is 30.3 Å². The Morgan fingerprint density at radius 1 is 0.800 bits per heavy atom. The summed E-state index contributed by atoms with van der Waals surface area (Å²) in [5, 5.41) is 0. The summed E-state index contributed by atoms with van der Waals surface area (Å²) < 4.78 is 40.8. The van der Waals surface area contributed by atoms with Crippen LogP contribution in [0.3, 0.4) is 0 Å². The van der Waals surface area contributed by atoms with E-state index in [-0.39, 0.29) is 23.9 Å². The van der Waals surface area contributed by atoms with Gasteiger partial charge in [-0.15, -0.1) is 0 Å². The largest absolute Gasteiger partial charge is 0.340 e. The number of likely N-dealkylation sites (N-methyl/N-ethyl adjacent to an activating group) is 1. The minimum atomic E-state index is -3.92. The molecule has 0 spiro atoms. The van der Waals surface area contributed by atoms with Crippen molar-refractivity contribution in [2.45, 2.75) is 18.0 Å². The van der Waals surface area contributed by atoms with E-state index in [1.165, 1.54) is 41.3 Å². The number of sulfonamides is 1. The van der Waals surface area contributed by atoms with Gasteiger partial charge in [0, 0.05) is 20.1 Å².